The first kappa shape index (κ1) is 22.2. The normalized spacial score (nSPS) is 14.8. The molecule has 0 atom stereocenters. The van der Waals surface area contributed by atoms with Crippen LogP contribution in [0.5, 0.6) is 5.75 Å². The summed E-state index contributed by atoms with van der Waals surface area (Å²) in [5.74, 6) is 2.57. The number of aromatic nitrogens is 3. The highest BCUT2D eigenvalue weighted by Crippen LogP contribution is 2.41. The third kappa shape index (κ3) is 3.95. The molecule has 1 amide bonds. The molecule has 0 unspecified atom stereocenters. The number of thioether (sulfide) groups is 1. The molecule has 1 aromatic carbocycles. The summed E-state index contributed by atoms with van der Waals surface area (Å²) in [6.07, 6.45) is 3.77. The number of furan rings is 1. The fraction of sp³-hybridized carbons (Fsp3) is 0.375. The van der Waals surface area contributed by atoms with E-state index in [0.717, 1.165) is 39.7 Å². The lowest BCUT2D eigenvalue weighted by Gasteiger charge is -2.41. The van der Waals surface area contributed by atoms with Crippen molar-refractivity contribution in [2.75, 3.05) is 17.3 Å². The third-order valence-corrected chi connectivity index (χ3v) is 6.60. The average Bonchev–Trinajstić information content (AvgIpc) is 3.31. The monoisotopic (exact) mass is 452 g/mol. The van der Waals surface area contributed by atoms with Crippen molar-refractivity contribution in [3.05, 3.63) is 47.9 Å². The number of hydrogen-bond donors (Lipinski definition) is 0. The van der Waals surface area contributed by atoms with Gasteiger partial charge >= 0.3 is 0 Å². The highest BCUT2D eigenvalue weighted by Gasteiger charge is 2.36. The fourth-order valence-electron chi connectivity index (χ4n) is 4.20. The Kier molecular flexibility index (Phi) is 5.90. The second-order valence-corrected chi connectivity index (χ2v) is 9.31. The Balaban J connectivity index is 1.57. The quantitative estimate of drug-likeness (QED) is 0.484. The molecule has 0 N–H and O–H groups in total. The second kappa shape index (κ2) is 8.50. The van der Waals surface area contributed by atoms with E-state index >= 15 is 0 Å². The van der Waals surface area contributed by atoms with E-state index in [2.05, 4.69) is 37.0 Å². The van der Waals surface area contributed by atoms with Crippen molar-refractivity contribution >= 4 is 28.9 Å². The molecule has 1 aliphatic rings. The van der Waals surface area contributed by atoms with Gasteiger partial charge in [-0.1, -0.05) is 17.8 Å². The molecule has 32 heavy (non-hydrogen) atoms. The number of allylic oxidation sites excluding steroid dienone is 1. The zero-order valence-corrected chi connectivity index (χ0v) is 20.1. The van der Waals surface area contributed by atoms with Gasteiger partial charge in [0, 0.05) is 12.6 Å². The van der Waals surface area contributed by atoms with Gasteiger partial charge in [-0.25, -0.2) is 0 Å². The summed E-state index contributed by atoms with van der Waals surface area (Å²) in [7, 11) is 1.90. The zero-order chi connectivity index (χ0) is 23.0. The molecule has 0 saturated carbocycles. The second-order valence-electron chi connectivity index (χ2n) is 8.37. The van der Waals surface area contributed by atoms with E-state index < -0.39 is 5.54 Å². The van der Waals surface area contributed by atoms with Gasteiger partial charge in [-0.15, -0.1) is 10.2 Å². The molecule has 0 aliphatic carbocycles. The van der Waals surface area contributed by atoms with Crippen LogP contribution in [0.4, 0.5) is 5.69 Å². The summed E-state index contributed by atoms with van der Waals surface area (Å²) >= 11 is 1.38. The molecule has 8 heteroatoms. The highest BCUT2D eigenvalue weighted by atomic mass is 32.2. The molecule has 2 aromatic heterocycles. The van der Waals surface area contributed by atoms with Crippen molar-refractivity contribution in [2.45, 2.75) is 45.3 Å². The van der Waals surface area contributed by atoms with Gasteiger partial charge < -0.3 is 18.6 Å². The van der Waals surface area contributed by atoms with Crippen LogP contribution in [0, 0.1) is 6.92 Å². The first-order valence-electron chi connectivity index (χ1n) is 10.6. The fourth-order valence-corrected chi connectivity index (χ4v) is 4.96. The lowest BCUT2D eigenvalue weighted by Crippen LogP contribution is -2.49. The van der Waals surface area contributed by atoms with Gasteiger partial charge in [0.2, 0.25) is 5.91 Å². The van der Waals surface area contributed by atoms with Crippen LogP contribution in [0.3, 0.4) is 0 Å². The average molecular weight is 453 g/mol. The van der Waals surface area contributed by atoms with Gasteiger partial charge in [0.25, 0.3) is 0 Å². The molecule has 0 spiro atoms. The number of anilines is 1. The minimum atomic E-state index is -0.444. The summed E-state index contributed by atoms with van der Waals surface area (Å²) in [4.78, 5) is 15.3. The summed E-state index contributed by atoms with van der Waals surface area (Å²) < 4.78 is 12.9. The number of fused-ring (bicyclic) bond motifs is 1. The maximum absolute atomic E-state index is 13.4. The van der Waals surface area contributed by atoms with Crippen LogP contribution < -0.4 is 9.64 Å². The van der Waals surface area contributed by atoms with Crippen LogP contribution in [-0.2, 0) is 11.8 Å². The maximum Gasteiger partial charge on any atom is 0.238 e. The van der Waals surface area contributed by atoms with Gasteiger partial charge in [-0.3, -0.25) is 4.79 Å². The van der Waals surface area contributed by atoms with Crippen LogP contribution >= 0.6 is 11.8 Å². The molecule has 3 aromatic rings. The van der Waals surface area contributed by atoms with Crippen LogP contribution in [0.15, 0.2) is 46.2 Å². The Morgan fingerprint density at radius 1 is 1.19 bits per heavy atom. The van der Waals surface area contributed by atoms with Gasteiger partial charge in [0.05, 0.1) is 35.4 Å². The molecular formula is C24H28N4O3S. The zero-order valence-electron chi connectivity index (χ0n) is 19.3. The third-order valence-electron chi connectivity index (χ3n) is 5.60. The minimum absolute atomic E-state index is 0.0122. The molecule has 168 valence electrons. The number of amides is 1. The van der Waals surface area contributed by atoms with E-state index in [9.17, 15) is 4.79 Å². The van der Waals surface area contributed by atoms with Crippen molar-refractivity contribution in [1.29, 1.82) is 0 Å². The van der Waals surface area contributed by atoms with Crippen molar-refractivity contribution in [3.8, 4) is 17.1 Å². The first-order chi connectivity index (χ1) is 15.2. The van der Waals surface area contributed by atoms with Gasteiger partial charge in [0.15, 0.2) is 11.0 Å². The van der Waals surface area contributed by atoms with E-state index in [0.29, 0.717) is 11.8 Å². The topological polar surface area (TPSA) is 73.4 Å². The number of rotatable bonds is 6. The first-order valence-corrected chi connectivity index (χ1v) is 11.6. The van der Waals surface area contributed by atoms with Crippen molar-refractivity contribution in [1.82, 2.24) is 14.8 Å². The minimum Gasteiger partial charge on any atom is -0.494 e. The summed E-state index contributed by atoms with van der Waals surface area (Å²) in [5.41, 5.74) is 3.51. The predicted octanol–water partition coefficient (Wildman–Crippen LogP) is 5.10. The molecule has 0 saturated heterocycles. The van der Waals surface area contributed by atoms with Crippen LogP contribution in [-0.4, -0.2) is 38.6 Å². The van der Waals surface area contributed by atoms with Crippen molar-refractivity contribution in [3.63, 3.8) is 0 Å². The summed E-state index contributed by atoms with van der Waals surface area (Å²) in [6.45, 7) is 10.6. The summed E-state index contributed by atoms with van der Waals surface area (Å²) in [6, 6.07) is 7.78. The molecule has 0 fully saturated rings. The maximum atomic E-state index is 13.4. The lowest BCUT2D eigenvalue weighted by atomic mass is 9.88. The van der Waals surface area contributed by atoms with E-state index in [1.807, 2.05) is 54.6 Å². The molecule has 0 radical (unpaired) electrons. The number of carbonyl (C=O) groups is 1. The van der Waals surface area contributed by atoms with E-state index in [1.54, 1.807) is 6.26 Å². The SMILES string of the molecule is CCOc1ccc2c(c1)C(C)=CC(C)(C)N2C(=O)CSc1nnc(-c2ccoc2C)n1C. The largest absolute Gasteiger partial charge is 0.494 e. The summed E-state index contributed by atoms with van der Waals surface area (Å²) in [5, 5.41) is 9.27. The molecule has 4 rings (SSSR count). The molecule has 3 heterocycles. The molecule has 0 bridgehead atoms. The number of aryl methyl sites for hydroxylation is 1. The molecule has 1 aliphatic heterocycles. The van der Waals surface area contributed by atoms with Crippen LogP contribution in [0.2, 0.25) is 0 Å². The van der Waals surface area contributed by atoms with Crippen LogP contribution in [0.25, 0.3) is 17.0 Å². The van der Waals surface area contributed by atoms with Gasteiger partial charge in [-0.05, 0) is 64.5 Å². The Morgan fingerprint density at radius 2 is 1.97 bits per heavy atom. The lowest BCUT2D eigenvalue weighted by molar-refractivity contribution is -0.116. The van der Waals surface area contributed by atoms with E-state index in [1.165, 1.54) is 11.8 Å². The smallest absolute Gasteiger partial charge is 0.238 e. The highest BCUT2D eigenvalue weighted by molar-refractivity contribution is 7.99. The Morgan fingerprint density at radius 3 is 2.66 bits per heavy atom. The number of nitrogens with zero attached hydrogens (tertiary/aromatic N) is 4. The number of ether oxygens (including phenoxy) is 1. The number of benzene rings is 1. The Bertz CT molecular complexity index is 1190. The van der Waals surface area contributed by atoms with Gasteiger partial charge in [-0.2, -0.15) is 0 Å². The van der Waals surface area contributed by atoms with Crippen molar-refractivity contribution < 1.29 is 13.9 Å². The van der Waals surface area contributed by atoms with E-state index in [4.69, 9.17) is 9.15 Å². The molecular weight excluding hydrogens is 424 g/mol. The molecule has 7 nitrogen and oxygen atoms in total. The number of carbonyl (C=O) groups excluding carboxylic acids is 1. The predicted molar refractivity (Wildman–Crippen MR) is 127 cm³/mol. The Labute approximate surface area is 192 Å². The van der Waals surface area contributed by atoms with Crippen LogP contribution in [0.1, 0.15) is 39.0 Å². The van der Waals surface area contributed by atoms with Crippen molar-refractivity contribution in [2.24, 2.45) is 7.05 Å². The van der Waals surface area contributed by atoms with Gasteiger partial charge in [0.1, 0.15) is 11.5 Å². The Hall–Kier alpha value is -3.00. The number of hydrogen-bond acceptors (Lipinski definition) is 6. The van der Waals surface area contributed by atoms with E-state index in [-0.39, 0.29) is 11.7 Å². The standard InChI is InChI=1S/C24H28N4O3S/c1-7-30-17-8-9-20-19(12-17)15(2)13-24(4,5)28(20)21(29)14-32-23-26-25-22(27(23)6)18-10-11-31-16(18)3/h8-13H,7,14H2,1-6H3.